The quantitative estimate of drug-likeness (QED) is 0.772. The second kappa shape index (κ2) is 5.67. The summed E-state index contributed by atoms with van der Waals surface area (Å²) in [6, 6.07) is 0. The molecule has 0 unspecified atom stereocenters. The standard InChI is InChI=1S/C9H13F3N4O/c1-6-7(13)15-5-16-8(6)14-2-3-17-4-9(10,11)12/h5H,2-4H2,1H3,(H3,13,14,15,16). The summed E-state index contributed by atoms with van der Waals surface area (Å²) in [5, 5.41) is 2.82. The van der Waals surface area contributed by atoms with Crippen LogP contribution in [0.1, 0.15) is 5.56 Å². The Balaban J connectivity index is 2.29. The predicted molar refractivity (Wildman–Crippen MR) is 56.5 cm³/mol. The SMILES string of the molecule is Cc1c(N)ncnc1NCCOCC(F)(F)F. The maximum absolute atomic E-state index is 11.7. The zero-order chi connectivity index (χ0) is 12.9. The summed E-state index contributed by atoms with van der Waals surface area (Å²) in [6.07, 6.45) is -3.02. The summed E-state index contributed by atoms with van der Waals surface area (Å²) >= 11 is 0. The van der Waals surface area contributed by atoms with Crippen molar-refractivity contribution >= 4 is 11.6 Å². The van der Waals surface area contributed by atoms with Gasteiger partial charge in [-0.2, -0.15) is 13.2 Å². The van der Waals surface area contributed by atoms with E-state index >= 15 is 0 Å². The Labute approximate surface area is 96.2 Å². The average Bonchev–Trinajstić information content (AvgIpc) is 2.22. The molecule has 0 saturated heterocycles. The van der Waals surface area contributed by atoms with Crippen LogP contribution in [0.4, 0.5) is 24.8 Å². The van der Waals surface area contributed by atoms with Gasteiger partial charge in [0.2, 0.25) is 0 Å². The number of halogens is 3. The zero-order valence-electron chi connectivity index (χ0n) is 9.21. The van der Waals surface area contributed by atoms with Crippen molar-refractivity contribution in [3.05, 3.63) is 11.9 Å². The molecule has 96 valence electrons. The molecule has 17 heavy (non-hydrogen) atoms. The Hall–Kier alpha value is -1.57. The molecule has 8 heteroatoms. The summed E-state index contributed by atoms with van der Waals surface area (Å²) in [6.45, 7) is 0.615. The zero-order valence-corrected chi connectivity index (χ0v) is 9.21. The van der Waals surface area contributed by atoms with Crippen molar-refractivity contribution in [2.75, 3.05) is 30.8 Å². The van der Waals surface area contributed by atoms with E-state index in [0.29, 0.717) is 17.2 Å². The summed E-state index contributed by atoms with van der Waals surface area (Å²) in [5.74, 6) is 0.826. The molecule has 0 amide bonds. The van der Waals surface area contributed by atoms with Crippen LogP contribution < -0.4 is 11.1 Å². The molecule has 0 aromatic carbocycles. The number of nitrogens with zero attached hydrogens (tertiary/aromatic N) is 2. The van der Waals surface area contributed by atoms with E-state index in [1.165, 1.54) is 6.33 Å². The average molecular weight is 250 g/mol. The summed E-state index contributed by atoms with van der Waals surface area (Å²) in [5.41, 5.74) is 6.19. The van der Waals surface area contributed by atoms with Crippen LogP contribution in [0.2, 0.25) is 0 Å². The number of hydrogen-bond donors (Lipinski definition) is 2. The van der Waals surface area contributed by atoms with Crippen molar-refractivity contribution < 1.29 is 17.9 Å². The molecular weight excluding hydrogens is 237 g/mol. The monoisotopic (exact) mass is 250 g/mol. The molecule has 0 aliphatic rings. The molecule has 1 heterocycles. The van der Waals surface area contributed by atoms with Crippen LogP contribution in [-0.4, -0.2) is 35.9 Å². The third-order valence-corrected chi connectivity index (χ3v) is 1.93. The van der Waals surface area contributed by atoms with Gasteiger partial charge in [0.05, 0.1) is 6.61 Å². The first-order chi connectivity index (χ1) is 7.90. The third-order valence-electron chi connectivity index (χ3n) is 1.93. The van der Waals surface area contributed by atoms with E-state index in [1.807, 2.05) is 0 Å². The lowest BCUT2D eigenvalue weighted by molar-refractivity contribution is -0.172. The van der Waals surface area contributed by atoms with E-state index in [0.717, 1.165) is 0 Å². The molecule has 0 fully saturated rings. The van der Waals surface area contributed by atoms with Crippen molar-refractivity contribution in [3.63, 3.8) is 0 Å². The molecule has 0 aliphatic carbocycles. The molecule has 1 aromatic rings. The molecule has 0 atom stereocenters. The maximum atomic E-state index is 11.7. The third kappa shape index (κ3) is 4.85. The maximum Gasteiger partial charge on any atom is 0.411 e. The van der Waals surface area contributed by atoms with Gasteiger partial charge in [0.1, 0.15) is 24.6 Å². The Morgan fingerprint density at radius 3 is 2.76 bits per heavy atom. The Bertz CT molecular complexity index is 370. The van der Waals surface area contributed by atoms with E-state index in [9.17, 15) is 13.2 Å². The van der Waals surface area contributed by atoms with E-state index in [2.05, 4.69) is 20.0 Å². The summed E-state index contributed by atoms with van der Waals surface area (Å²) in [4.78, 5) is 7.67. The van der Waals surface area contributed by atoms with Crippen molar-refractivity contribution in [2.24, 2.45) is 0 Å². The molecule has 1 rings (SSSR count). The topological polar surface area (TPSA) is 73.1 Å². The fraction of sp³-hybridized carbons (Fsp3) is 0.556. The second-order valence-electron chi connectivity index (χ2n) is 3.33. The van der Waals surface area contributed by atoms with Gasteiger partial charge in [-0.25, -0.2) is 9.97 Å². The predicted octanol–water partition coefficient (Wildman–Crippen LogP) is 1.36. The van der Waals surface area contributed by atoms with Crippen LogP contribution in [0.15, 0.2) is 6.33 Å². The molecule has 3 N–H and O–H groups in total. The summed E-state index contributed by atoms with van der Waals surface area (Å²) in [7, 11) is 0. The molecule has 1 aromatic heterocycles. The first-order valence-corrected chi connectivity index (χ1v) is 4.85. The van der Waals surface area contributed by atoms with Gasteiger partial charge in [-0.3, -0.25) is 0 Å². The van der Waals surface area contributed by atoms with Crippen molar-refractivity contribution in [1.82, 2.24) is 9.97 Å². The first-order valence-electron chi connectivity index (χ1n) is 4.85. The van der Waals surface area contributed by atoms with Crippen LogP contribution in [0.5, 0.6) is 0 Å². The smallest absolute Gasteiger partial charge is 0.383 e. The van der Waals surface area contributed by atoms with Gasteiger partial charge in [0.25, 0.3) is 0 Å². The minimum absolute atomic E-state index is 0.0666. The van der Waals surface area contributed by atoms with Crippen LogP contribution >= 0.6 is 0 Å². The van der Waals surface area contributed by atoms with Gasteiger partial charge < -0.3 is 15.8 Å². The molecule has 0 spiro atoms. The minimum atomic E-state index is -4.30. The summed E-state index contributed by atoms with van der Waals surface area (Å²) < 4.78 is 39.6. The number of anilines is 2. The van der Waals surface area contributed by atoms with Crippen molar-refractivity contribution in [1.29, 1.82) is 0 Å². The Morgan fingerprint density at radius 1 is 1.41 bits per heavy atom. The van der Waals surface area contributed by atoms with Gasteiger partial charge in [-0.1, -0.05) is 0 Å². The first kappa shape index (κ1) is 13.5. The van der Waals surface area contributed by atoms with Gasteiger partial charge in [0.15, 0.2) is 0 Å². The van der Waals surface area contributed by atoms with Crippen LogP contribution in [0.25, 0.3) is 0 Å². The van der Waals surface area contributed by atoms with E-state index in [1.54, 1.807) is 6.92 Å². The molecule has 0 radical (unpaired) electrons. The highest BCUT2D eigenvalue weighted by atomic mass is 19.4. The molecule has 0 aliphatic heterocycles. The number of nitrogens with two attached hydrogens (primary N) is 1. The highest BCUT2D eigenvalue weighted by Crippen LogP contribution is 2.15. The molecular formula is C9H13F3N4O. The van der Waals surface area contributed by atoms with Crippen LogP contribution in [-0.2, 0) is 4.74 Å². The fourth-order valence-corrected chi connectivity index (χ4v) is 1.07. The van der Waals surface area contributed by atoms with E-state index in [4.69, 9.17) is 5.73 Å². The number of rotatable bonds is 5. The number of aromatic nitrogens is 2. The number of hydrogen-bond acceptors (Lipinski definition) is 5. The molecule has 0 saturated carbocycles. The van der Waals surface area contributed by atoms with Crippen LogP contribution in [0.3, 0.4) is 0 Å². The Morgan fingerprint density at radius 2 is 2.12 bits per heavy atom. The van der Waals surface area contributed by atoms with Gasteiger partial charge in [0, 0.05) is 12.1 Å². The molecule has 5 nitrogen and oxygen atoms in total. The number of nitrogen functional groups attached to an aromatic ring is 1. The lowest BCUT2D eigenvalue weighted by atomic mass is 10.3. The number of ether oxygens (including phenoxy) is 1. The minimum Gasteiger partial charge on any atom is -0.383 e. The van der Waals surface area contributed by atoms with Crippen molar-refractivity contribution in [3.8, 4) is 0 Å². The van der Waals surface area contributed by atoms with E-state index in [-0.39, 0.29) is 13.2 Å². The number of nitrogens with one attached hydrogen (secondary N) is 1. The highest BCUT2D eigenvalue weighted by Gasteiger charge is 2.27. The molecule has 0 bridgehead atoms. The highest BCUT2D eigenvalue weighted by molar-refractivity contribution is 5.53. The second-order valence-corrected chi connectivity index (χ2v) is 3.33. The van der Waals surface area contributed by atoms with Crippen molar-refractivity contribution in [2.45, 2.75) is 13.1 Å². The van der Waals surface area contributed by atoms with Gasteiger partial charge >= 0.3 is 6.18 Å². The lowest BCUT2D eigenvalue weighted by Crippen LogP contribution is -2.20. The lowest BCUT2D eigenvalue weighted by Gasteiger charge is -2.10. The Kier molecular flexibility index (Phi) is 4.50. The van der Waals surface area contributed by atoms with E-state index < -0.39 is 12.8 Å². The van der Waals surface area contributed by atoms with Crippen LogP contribution in [0, 0.1) is 6.92 Å². The largest absolute Gasteiger partial charge is 0.411 e. The normalized spacial score (nSPS) is 11.5. The van der Waals surface area contributed by atoms with Gasteiger partial charge in [-0.05, 0) is 6.92 Å². The van der Waals surface area contributed by atoms with Gasteiger partial charge in [-0.15, -0.1) is 0 Å². The number of alkyl halides is 3. The fourth-order valence-electron chi connectivity index (χ4n) is 1.07.